The van der Waals surface area contributed by atoms with E-state index >= 15 is 0 Å². The number of nitrogens with one attached hydrogen (secondary N) is 1. The quantitative estimate of drug-likeness (QED) is 0.831. The summed E-state index contributed by atoms with van der Waals surface area (Å²) in [6.07, 6.45) is 8.15. The molecule has 0 bridgehead atoms. The van der Waals surface area contributed by atoms with E-state index in [0.717, 1.165) is 24.1 Å². The highest BCUT2D eigenvalue weighted by atomic mass is 35.5. The van der Waals surface area contributed by atoms with Crippen molar-refractivity contribution in [3.05, 3.63) is 53.6 Å². The number of aromatic nitrogens is 2. The van der Waals surface area contributed by atoms with Gasteiger partial charge in [-0.2, -0.15) is 0 Å². The molecule has 2 aromatic rings. The first-order chi connectivity index (χ1) is 11.1. The van der Waals surface area contributed by atoms with E-state index < -0.39 is 5.60 Å². The molecule has 2 N–H and O–H groups in total. The zero-order valence-electron chi connectivity index (χ0n) is 12.7. The van der Waals surface area contributed by atoms with Crippen LogP contribution in [0.3, 0.4) is 0 Å². The van der Waals surface area contributed by atoms with Crippen LogP contribution in [0, 0.1) is 11.8 Å². The molecule has 1 saturated carbocycles. The summed E-state index contributed by atoms with van der Waals surface area (Å²) >= 11 is 5.96. The van der Waals surface area contributed by atoms with Gasteiger partial charge in [0.15, 0.2) is 0 Å². The van der Waals surface area contributed by atoms with Crippen molar-refractivity contribution in [2.75, 3.05) is 5.32 Å². The largest absolute Gasteiger partial charge is 0.380 e. The summed E-state index contributed by atoms with van der Waals surface area (Å²) < 4.78 is 0. The lowest BCUT2D eigenvalue weighted by atomic mass is 9.82. The van der Waals surface area contributed by atoms with Crippen LogP contribution >= 0.6 is 11.6 Å². The molecule has 1 aromatic heterocycles. The van der Waals surface area contributed by atoms with Crippen LogP contribution in [0.4, 0.5) is 5.69 Å². The Hall–Kier alpha value is -2.09. The molecule has 0 spiro atoms. The first kappa shape index (κ1) is 15.8. The number of hydrogen-bond acceptors (Lipinski definition) is 4. The molecular formula is C18H18ClN3O. The van der Waals surface area contributed by atoms with E-state index in [1.807, 2.05) is 18.2 Å². The van der Waals surface area contributed by atoms with Gasteiger partial charge in [0.1, 0.15) is 11.9 Å². The highest BCUT2D eigenvalue weighted by Crippen LogP contribution is 2.29. The second-order valence-electron chi connectivity index (χ2n) is 5.86. The molecule has 0 aliphatic heterocycles. The third-order valence-corrected chi connectivity index (χ3v) is 4.16. The number of anilines is 1. The average molecular weight is 328 g/mol. The monoisotopic (exact) mass is 327 g/mol. The Morgan fingerprint density at radius 1 is 1.30 bits per heavy atom. The summed E-state index contributed by atoms with van der Waals surface area (Å²) in [7, 11) is 0. The van der Waals surface area contributed by atoms with Gasteiger partial charge < -0.3 is 10.4 Å². The summed E-state index contributed by atoms with van der Waals surface area (Å²) in [5, 5.41) is 14.8. The van der Waals surface area contributed by atoms with Crippen molar-refractivity contribution >= 4 is 17.3 Å². The predicted molar refractivity (Wildman–Crippen MR) is 91.2 cm³/mol. The zero-order valence-corrected chi connectivity index (χ0v) is 13.4. The maximum Gasteiger partial charge on any atom is 0.127 e. The van der Waals surface area contributed by atoms with E-state index in [0.29, 0.717) is 17.9 Å². The number of hydrogen-bond donors (Lipinski definition) is 2. The van der Waals surface area contributed by atoms with Gasteiger partial charge in [0, 0.05) is 23.0 Å². The predicted octanol–water partition coefficient (Wildman–Crippen LogP) is 3.27. The van der Waals surface area contributed by atoms with Crippen LogP contribution in [0.15, 0.2) is 43.0 Å². The van der Waals surface area contributed by atoms with Crippen molar-refractivity contribution in [3.63, 3.8) is 0 Å². The molecule has 0 amide bonds. The number of benzene rings is 1. The molecule has 0 saturated heterocycles. The second-order valence-corrected chi connectivity index (χ2v) is 6.29. The van der Waals surface area contributed by atoms with Gasteiger partial charge >= 0.3 is 0 Å². The van der Waals surface area contributed by atoms with Crippen LogP contribution in [0.2, 0.25) is 5.02 Å². The zero-order chi connectivity index (χ0) is 16.1. The fraction of sp³-hybridized carbons (Fsp3) is 0.333. The first-order valence-electron chi connectivity index (χ1n) is 7.66. The van der Waals surface area contributed by atoms with Crippen LogP contribution < -0.4 is 5.32 Å². The van der Waals surface area contributed by atoms with Gasteiger partial charge in [-0.15, -0.1) is 0 Å². The SMILES string of the molecule is O[C@]1(C#Cc2cccc(Cl)c2)CCC[C@@H](Nc2cncnc2)C1. The van der Waals surface area contributed by atoms with Crippen molar-refractivity contribution in [1.29, 1.82) is 0 Å². The van der Waals surface area contributed by atoms with Gasteiger partial charge in [-0.1, -0.05) is 29.5 Å². The normalized spacial score (nSPS) is 23.7. The minimum Gasteiger partial charge on any atom is -0.380 e. The molecule has 3 rings (SSSR count). The molecule has 23 heavy (non-hydrogen) atoms. The number of halogens is 1. The lowest BCUT2D eigenvalue weighted by molar-refractivity contribution is 0.0561. The van der Waals surface area contributed by atoms with Gasteiger partial charge in [-0.25, -0.2) is 9.97 Å². The van der Waals surface area contributed by atoms with Crippen molar-refractivity contribution in [1.82, 2.24) is 9.97 Å². The topological polar surface area (TPSA) is 58.0 Å². The molecule has 0 unspecified atom stereocenters. The minimum atomic E-state index is -0.978. The standard InChI is InChI=1S/C18H18ClN3O/c19-15-4-1-3-14(9-15)6-8-18(23)7-2-5-16(10-18)22-17-11-20-13-21-12-17/h1,3-4,9,11-13,16,22-23H,2,5,7,10H2/t16-,18+/m1/s1. The van der Waals surface area contributed by atoms with E-state index in [2.05, 4.69) is 27.1 Å². The Bertz CT molecular complexity index is 726. The summed E-state index contributed by atoms with van der Waals surface area (Å²) in [4.78, 5) is 7.99. The molecule has 0 radical (unpaired) electrons. The molecular weight excluding hydrogens is 310 g/mol. The van der Waals surface area contributed by atoms with E-state index in [1.165, 1.54) is 6.33 Å². The van der Waals surface area contributed by atoms with Gasteiger partial charge in [0.2, 0.25) is 0 Å². The van der Waals surface area contributed by atoms with E-state index in [4.69, 9.17) is 11.6 Å². The van der Waals surface area contributed by atoms with E-state index in [1.54, 1.807) is 18.5 Å². The van der Waals surface area contributed by atoms with Gasteiger partial charge in [-0.05, 0) is 37.5 Å². The molecule has 5 heteroatoms. The first-order valence-corrected chi connectivity index (χ1v) is 8.03. The van der Waals surface area contributed by atoms with Crippen LogP contribution in [0.1, 0.15) is 31.2 Å². The molecule has 1 fully saturated rings. The number of rotatable bonds is 2. The van der Waals surface area contributed by atoms with Gasteiger partial charge in [-0.3, -0.25) is 0 Å². The molecule has 4 nitrogen and oxygen atoms in total. The summed E-state index contributed by atoms with van der Waals surface area (Å²) in [5.41, 5.74) is 0.704. The highest BCUT2D eigenvalue weighted by molar-refractivity contribution is 6.30. The molecule has 1 heterocycles. The maximum absolute atomic E-state index is 10.8. The van der Waals surface area contributed by atoms with Crippen LogP contribution in [0.5, 0.6) is 0 Å². The molecule has 2 atom stereocenters. The lowest BCUT2D eigenvalue weighted by Gasteiger charge is -2.33. The number of nitrogens with zero attached hydrogens (tertiary/aromatic N) is 2. The van der Waals surface area contributed by atoms with Gasteiger partial charge in [0.05, 0.1) is 18.1 Å². The Morgan fingerprint density at radius 3 is 2.91 bits per heavy atom. The Balaban J connectivity index is 1.69. The van der Waals surface area contributed by atoms with Crippen LogP contribution in [0.25, 0.3) is 0 Å². The maximum atomic E-state index is 10.8. The van der Waals surface area contributed by atoms with Gasteiger partial charge in [0.25, 0.3) is 0 Å². The highest BCUT2D eigenvalue weighted by Gasteiger charge is 2.32. The average Bonchev–Trinajstić information content (AvgIpc) is 2.54. The van der Waals surface area contributed by atoms with Crippen molar-refractivity contribution in [2.24, 2.45) is 0 Å². The molecule has 1 aliphatic rings. The summed E-state index contributed by atoms with van der Waals surface area (Å²) in [5.74, 6) is 6.08. The van der Waals surface area contributed by atoms with Crippen molar-refractivity contribution in [3.8, 4) is 11.8 Å². The number of aliphatic hydroxyl groups is 1. The molecule has 1 aromatic carbocycles. The smallest absolute Gasteiger partial charge is 0.127 e. The fourth-order valence-corrected chi connectivity index (χ4v) is 3.04. The Kier molecular flexibility index (Phi) is 4.80. The Labute approximate surface area is 140 Å². The van der Waals surface area contributed by atoms with E-state index in [-0.39, 0.29) is 6.04 Å². The lowest BCUT2D eigenvalue weighted by Crippen LogP contribution is -2.39. The van der Waals surface area contributed by atoms with Crippen LogP contribution in [-0.2, 0) is 0 Å². The fourth-order valence-electron chi connectivity index (χ4n) is 2.85. The van der Waals surface area contributed by atoms with Crippen molar-refractivity contribution < 1.29 is 5.11 Å². The summed E-state index contributed by atoms with van der Waals surface area (Å²) in [6.45, 7) is 0. The third kappa shape index (κ3) is 4.44. The van der Waals surface area contributed by atoms with Crippen LogP contribution in [-0.4, -0.2) is 26.7 Å². The molecule has 1 aliphatic carbocycles. The Morgan fingerprint density at radius 2 is 2.13 bits per heavy atom. The minimum absolute atomic E-state index is 0.161. The second kappa shape index (κ2) is 6.99. The van der Waals surface area contributed by atoms with Crippen molar-refractivity contribution in [2.45, 2.75) is 37.3 Å². The van der Waals surface area contributed by atoms with E-state index in [9.17, 15) is 5.11 Å². The molecule has 118 valence electrons. The summed E-state index contributed by atoms with van der Waals surface area (Å²) in [6, 6.07) is 7.52. The third-order valence-electron chi connectivity index (χ3n) is 3.92.